The van der Waals surface area contributed by atoms with E-state index in [-0.39, 0.29) is 17.4 Å². The molecule has 0 aliphatic rings. The van der Waals surface area contributed by atoms with Gasteiger partial charge in [0.1, 0.15) is 5.75 Å². The second kappa shape index (κ2) is 13.9. The topological polar surface area (TPSA) is 84.7 Å². The molecule has 0 aliphatic carbocycles. The minimum atomic E-state index is -0.428. The van der Waals surface area contributed by atoms with Crippen molar-refractivity contribution >= 4 is 45.1 Å². The van der Waals surface area contributed by atoms with E-state index in [1.54, 1.807) is 17.0 Å². The monoisotopic (exact) mass is 519 g/mol. The van der Waals surface area contributed by atoms with Gasteiger partial charge < -0.3 is 15.4 Å². The van der Waals surface area contributed by atoms with Crippen LogP contribution in [0.15, 0.2) is 53.0 Å². The zero-order chi connectivity index (χ0) is 23.3. The smallest absolute Gasteiger partial charge is 0.261 e. The minimum Gasteiger partial charge on any atom is -0.493 e. The largest absolute Gasteiger partial charge is 0.493 e. The maximum Gasteiger partial charge on any atom is 0.261 e. The summed E-state index contributed by atoms with van der Waals surface area (Å²) in [6, 6.07) is 15.0. The third kappa shape index (κ3) is 8.96. The van der Waals surface area contributed by atoms with Crippen molar-refractivity contribution in [3.63, 3.8) is 0 Å². The number of ether oxygens (including phenoxy) is 1. The van der Waals surface area contributed by atoms with Crippen LogP contribution in [0, 0.1) is 0 Å². The van der Waals surface area contributed by atoms with Crippen LogP contribution in [0.5, 0.6) is 5.75 Å². The third-order valence-electron chi connectivity index (χ3n) is 4.79. The van der Waals surface area contributed by atoms with Gasteiger partial charge in [0, 0.05) is 24.0 Å². The van der Waals surface area contributed by atoms with Gasteiger partial charge in [-0.3, -0.25) is 14.9 Å². The van der Waals surface area contributed by atoms with Gasteiger partial charge in [0.2, 0.25) is 5.91 Å². The highest BCUT2D eigenvalue weighted by Crippen LogP contribution is 2.24. The molecular formula is C24H30BrN3O3S. The molecule has 32 heavy (non-hydrogen) atoms. The SMILES string of the molecule is CCCCCCOc1ccc(Br)cc1C(=O)NC(=S)N(CCC(N)=O)Cc1ccccc1. The lowest BCUT2D eigenvalue weighted by atomic mass is 10.2. The number of nitrogens with zero attached hydrogens (tertiary/aromatic N) is 1. The van der Waals surface area contributed by atoms with Crippen LogP contribution in [0.4, 0.5) is 0 Å². The Hall–Kier alpha value is -2.45. The molecular weight excluding hydrogens is 490 g/mol. The molecule has 0 spiro atoms. The number of carbonyl (C=O) groups is 2. The number of hydrogen-bond donors (Lipinski definition) is 2. The van der Waals surface area contributed by atoms with Crippen molar-refractivity contribution < 1.29 is 14.3 Å². The van der Waals surface area contributed by atoms with E-state index in [0.29, 0.717) is 31.0 Å². The highest BCUT2D eigenvalue weighted by molar-refractivity contribution is 9.10. The molecule has 0 unspecified atom stereocenters. The molecule has 0 aromatic heterocycles. The van der Waals surface area contributed by atoms with Gasteiger partial charge in [0.15, 0.2) is 5.11 Å². The number of halogens is 1. The van der Waals surface area contributed by atoms with Crippen molar-refractivity contribution in [2.75, 3.05) is 13.2 Å². The fourth-order valence-corrected chi connectivity index (χ4v) is 3.67. The van der Waals surface area contributed by atoms with Crippen LogP contribution in [0.3, 0.4) is 0 Å². The summed E-state index contributed by atoms with van der Waals surface area (Å²) in [5.41, 5.74) is 6.72. The van der Waals surface area contributed by atoms with E-state index in [0.717, 1.165) is 35.7 Å². The standard InChI is InChI=1S/C24H30BrN3O3S/c1-2-3-4-8-15-31-21-12-11-19(25)16-20(21)23(30)27-24(32)28(14-13-22(26)29)17-18-9-6-5-7-10-18/h5-7,9-12,16H,2-4,8,13-15,17H2,1H3,(H2,26,29)(H,27,30,32). The van der Waals surface area contributed by atoms with E-state index in [4.69, 9.17) is 22.7 Å². The maximum absolute atomic E-state index is 13.0. The van der Waals surface area contributed by atoms with E-state index in [1.807, 2.05) is 36.4 Å². The molecule has 0 heterocycles. The first-order chi connectivity index (χ1) is 15.4. The fraction of sp³-hybridized carbons (Fsp3) is 0.375. The third-order valence-corrected chi connectivity index (χ3v) is 5.65. The highest BCUT2D eigenvalue weighted by atomic mass is 79.9. The molecule has 2 amide bonds. The summed E-state index contributed by atoms with van der Waals surface area (Å²) in [5, 5.41) is 3.01. The molecule has 0 atom stereocenters. The number of unbranched alkanes of at least 4 members (excludes halogenated alkanes) is 3. The second-order valence-electron chi connectivity index (χ2n) is 7.43. The molecule has 0 aliphatic heterocycles. The molecule has 2 aromatic carbocycles. The van der Waals surface area contributed by atoms with Crippen LogP contribution in [-0.2, 0) is 11.3 Å². The summed E-state index contributed by atoms with van der Waals surface area (Å²) in [6.07, 6.45) is 4.46. The van der Waals surface area contributed by atoms with Gasteiger partial charge in [-0.25, -0.2) is 0 Å². The average Bonchev–Trinajstić information content (AvgIpc) is 2.77. The molecule has 0 radical (unpaired) electrons. The molecule has 3 N–H and O–H groups in total. The van der Waals surface area contributed by atoms with Gasteiger partial charge in [-0.1, -0.05) is 72.4 Å². The summed E-state index contributed by atoms with van der Waals surface area (Å²) in [4.78, 5) is 26.1. The van der Waals surface area contributed by atoms with Crippen LogP contribution in [0.25, 0.3) is 0 Å². The summed E-state index contributed by atoms with van der Waals surface area (Å²) in [6.45, 7) is 3.46. The number of rotatable bonds is 12. The van der Waals surface area contributed by atoms with Crippen molar-refractivity contribution in [2.24, 2.45) is 5.73 Å². The lowest BCUT2D eigenvalue weighted by Gasteiger charge is -2.25. The van der Waals surface area contributed by atoms with E-state index < -0.39 is 5.91 Å². The maximum atomic E-state index is 13.0. The summed E-state index contributed by atoms with van der Waals surface area (Å²) in [5.74, 6) is -0.281. The highest BCUT2D eigenvalue weighted by Gasteiger charge is 2.18. The summed E-state index contributed by atoms with van der Waals surface area (Å²) in [7, 11) is 0. The number of hydrogen-bond acceptors (Lipinski definition) is 4. The Kier molecular flexibility index (Phi) is 11.2. The van der Waals surface area contributed by atoms with E-state index in [9.17, 15) is 9.59 Å². The number of primary amides is 1. The molecule has 0 saturated heterocycles. The zero-order valence-electron chi connectivity index (χ0n) is 18.3. The van der Waals surface area contributed by atoms with Gasteiger partial charge >= 0.3 is 0 Å². The van der Waals surface area contributed by atoms with Gasteiger partial charge in [-0.2, -0.15) is 0 Å². The predicted molar refractivity (Wildman–Crippen MR) is 135 cm³/mol. The van der Waals surface area contributed by atoms with E-state index in [1.165, 1.54) is 0 Å². The number of thiocarbonyl (C=S) groups is 1. The van der Waals surface area contributed by atoms with Gasteiger partial charge in [-0.15, -0.1) is 0 Å². The predicted octanol–water partition coefficient (Wildman–Crippen LogP) is 4.80. The Labute approximate surface area is 203 Å². The van der Waals surface area contributed by atoms with Gasteiger partial charge in [0.25, 0.3) is 5.91 Å². The van der Waals surface area contributed by atoms with Crippen LogP contribution in [0.1, 0.15) is 54.9 Å². The normalized spacial score (nSPS) is 10.4. The quantitative estimate of drug-likeness (QED) is 0.310. The molecule has 8 heteroatoms. The Morgan fingerprint density at radius 2 is 1.88 bits per heavy atom. The number of nitrogens with one attached hydrogen (secondary N) is 1. The number of nitrogens with two attached hydrogens (primary N) is 1. The lowest BCUT2D eigenvalue weighted by Crippen LogP contribution is -2.43. The van der Waals surface area contributed by atoms with Crippen molar-refractivity contribution in [3.05, 3.63) is 64.1 Å². The van der Waals surface area contributed by atoms with E-state index in [2.05, 4.69) is 28.2 Å². The van der Waals surface area contributed by atoms with Crippen LogP contribution >= 0.6 is 28.1 Å². The fourth-order valence-electron chi connectivity index (χ4n) is 3.06. The molecule has 172 valence electrons. The minimum absolute atomic E-state index is 0.131. The first-order valence-electron chi connectivity index (χ1n) is 10.8. The molecule has 0 fully saturated rings. The van der Waals surface area contributed by atoms with Crippen molar-refractivity contribution in [2.45, 2.75) is 45.6 Å². The van der Waals surface area contributed by atoms with Crippen molar-refractivity contribution in [1.82, 2.24) is 10.2 Å². The molecule has 2 aromatic rings. The Morgan fingerprint density at radius 1 is 1.12 bits per heavy atom. The van der Waals surface area contributed by atoms with Gasteiger partial charge in [-0.05, 0) is 42.4 Å². The van der Waals surface area contributed by atoms with Crippen molar-refractivity contribution in [1.29, 1.82) is 0 Å². The summed E-state index contributed by atoms with van der Waals surface area (Å²) < 4.78 is 6.64. The van der Waals surface area contributed by atoms with E-state index >= 15 is 0 Å². The molecule has 6 nitrogen and oxygen atoms in total. The number of benzene rings is 2. The summed E-state index contributed by atoms with van der Waals surface area (Å²) >= 11 is 8.92. The van der Waals surface area contributed by atoms with Crippen LogP contribution < -0.4 is 15.8 Å². The number of carbonyl (C=O) groups excluding carboxylic acids is 2. The first kappa shape index (κ1) is 25.8. The molecule has 0 saturated carbocycles. The van der Waals surface area contributed by atoms with Crippen LogP contribution in [0.2, 0.25) is 0 Å². The lowest BCUT2D eigenvalue weighted by molar-refractivity contribution is -0.118. The van der Waals surface area contributed by atoms with Crippen LogP contribution in [-0.4, -0.2) is 35.0 Å². The molecule has 2 rings (SSSR count). The van der Waals surface area contributed by atoms with Crippen molar-refractivity contribution in [3.8, 4) is 5.75 Å². The first-order valence-corrected chi connectivity index (χ1v) is 12.0. The Balaban J connectivity index is 2.09. The Bertz CT molecular complexity index is 909. The second-order valence-corrected chi connectivity index (χ2v) is 8.73. The molecule has 0 bridgehead atoms. The zero-order valence-corrected chi connectivity index (χ0v) is 20.7. The number of amides is 2. The Morgan fingerprint density at radius 3 is 2.56 bits per heavy atom. The average molecular weight is 520 g/mol. The van der Waals surface area contributed by atoms with Gasteiger partial charge in [0.05, 0.1) is 12.2 Å².